The molecule has 39 heavy (non-hydrogen) atoms. The minimum absolute atomic E-state index is 0.0163. The van der Waals surface area contributed by atoms with Crippen LogP contribution in [0.25, 0.3) is 0 Å². The number of nitrogens with zero attached hydrogens (tertiary/aromatic N) is 4. The number of nitrogens with two attached hydrogens (primary N) is 1. The first-order valence-corrected chi connectivity index (χ1v) is 14.6. The molecule has 3 saturated heterocycles. The maximum absolute atomic E-state index is 13.5. The summed E-state index contributed by atoms with van der Waals surface area (Å²) >= 11 is 0. The lowest BCUT2D eigenvalue weighted by molar-refractivity contribution is -0.141. The maximum atomic E-state index is 13.5. The third-order valence-electron chi connectivity index (χ3n) is 7.49. The smallest absolute Gasteiger partial charge is 0.408 e. The maximum Gasteiger partial charge on any atom is 0.408 e. The van der Waals surface area contributed by atoms with E-state index in [0.29, 0.717) is 37.9 Å². The van der Waals surface area contributed by atoms with Crippen molar-refractivity contribution in [1.29, 1.82) is 5.26 Å². The molecule has 3 amide bonds. The van der Waals surface area contributed by atoms with Crippen molar-refractivity contribution < 1.29 is 27.5 Å². The Morgan fingerprint density at radius 1 is 1.31 bits per heavy atom. The Balaban J connectivity index is 1.50. The van der Waals surface area contributed by atoms with Crippen molar-refractivity contribution in [2.75, 3.05) is 19.6 Å². The van der Waals surface area contributed by atoms with E-state index < -0.39 is 39.8 Å². The summed E-state index contributed by atoms with van der Waals surface area (Å²) in [6.07, 6.45) is 1.09. The lowest BCUT2D eigenvalue weighted by Crippen LogP contribution is -2.59. The Bertz CT molecular complexity index is 1290. The van der Waals surface area contributed by atoms with Gasteiger partial charge in [0.15, 0.2) is 0 Å². The number of fused-ring (bicyclic) bond motifs is 2. The van der Waals surface area contributed by atoms with E-state index in [0.717, 1.165) is 0 Å². The van der Waals surface area contributed by atoms with E-state index in [-0.39, 0.29) is 35.3 Å². The summed E-state index contributed by atoms with van der Waals surface area (Å²) in [6.45, 7) is 8.03. The molecule has 3 N–H and O–H groups in total. The normalized spacial score (nSPS) is 24.9. The van der Waals surface area contributed by atoms with Gasteiger partial charge in [-0.1, -0.05) is 12.1 Å². The van der Waals surface area contributed by atoms with E-state index in [9.17, 15) is 28.1 Å². The summed E-state index contributed by atoms with van der Waals surface area (Å²) in [6, 6.07) is 5.86. The number of sulfonamides is 1. The number of carbonyl (C=O) groups is 3. The predicted octanol–water partition coefficient (Wildman–Crippen LogP) is 1.09. The standard InChI is InChI=1S/C26H36N6O6S/c1-16(17-7-5-9-20(11-17)39(28,36)37)32-19-12-22(24(32)34)30(14-19)15-21(29-25(35)38-26(2,3)4)23(33)31-10-6-8-18(31)13-27/h5,7,9,11,16,18-19,21-22H,6,8,10,12,14-15H2,1-4H3,(H,29,35)(H2,28,36,37)/t16-,18-,19?,21-,22-/m0/s1. The molecule has 4 rings (SSSR count). The second-order valence-corrected chi connectivity index (χ2v) is 13.0. The van der Waals surface area contributed by atoms with E-state index >= 15 is 0 Å². The zero-order valence-corrected chi connectivity index (χ0v) is 23.5. The van der Waals surface area contributed by atoms with E-state index in [2.05, 4.69) is 11.4 Å². The second-order valence-electron chi connectivity index (χ2n) is 11.4. The van der Waals surface area contributed by atoms with E-state index in [4.69, 9.17) is 9.88 Å². The van der Waals surface area contributed by atoms with Crippen molar-refractivity contribution in [3.8, 4) is 6.07 Å². The second kappa shape index (κ2) is 10.7. The van der Waals surface area contributed by atoms with Crippen molar-refractivity contribution in [2.24, 2.45) is 5.14 Å². The van der Waals surface area contributed by atoms with Crippen LogP contribution in [0.1, 0.15) is 58.6 Å². The highest BCUT2D eigenvalue weighted by molar-refractivity contribution is 7.89. The number of primary sulfonamides is 1. The molecule has 212 valence electrons. The van der Waals surface area contributed by atoms with Crippen LogP contribution in [0.3, 0.4) is 0 Å². The number of nitrogens with one attached hydrogen (secondary N) is 1. The molecule has 5 atom stereocenters. The van der Waals surface area contributed by atoms with Crippen LogP contribution < -0.4 is 10.5 Å². The molecule has 12 nitrogen and oxygen atoms in total. The van der Waals surface area contributed by atoms with Crippen molar-refractivity contribution in [1.82, 2.24) is 20.0 Å². The number of rotatable bonds is 7. The van der Waals surface area contributed by atoms with Gasteiger partial charge in [0.1, 0.15) is 17.7 Å². The quantitative estimate of drug-likeness (QED) is 0.500. The SMILES string of the molecule is C[C@@H](c1cccc(S(N)(=O)=O)c1)N1C(=O)[C@@H]2CC1CN2C[C@H](NC(=O)OC(C)(C)C)C(=O)N1CCC[C@H]1C#N. The molecule has 1 unspecified atom stereocenters. The third kappa shape index (κ3) is 6.18. The minimum Gasteiger partial charge on any atom is -0.444 e. The minimum atomic E-state index is -3.88. The Kier molecular flexibility index (Phi) is 7.93. The highest BCUT2D eigenvalue weighted by Gasteiger charge is 2.52. The first-order valence-electron chi connectivity index (χ1n) is 13.1. The van der Waals surface area contributed by atoms with Crippen molar-refractivity contribution in [2.45, 2.75) is 87.7 Å². The Hall–Kier alpha value is -3.21. The lowest BCUT2D eigenvalue weighted by atomic mass is 10.1. The largest absolute Gasteiger partial charge is 0.444 e. The number of benzene rings is 1. The van der Waals surface area contributed by atoms with Crippen LogP contribution in [0, 0.1) is 11.3 Å². The molecule has 3 heterocycles. The average molecular weight is 561 g/mol. The van der Waals surface area contributed by atoms with Gasteiger partial charge in [-0.3, -0.25) is 14.5 Å². The van der Waals surface area contributed by atoms with Crippen LogP contribution in [-0.4, -0.2) is 90.4 Å². The van der Waals surface area contributed by atoms with Gasteiger partial charge in [-0.15, -0.1) is 0 Å². The lowest BCUT2D eigenvalue weighted by Gasteiger charge is -2.39. The third-order valence-corrected chi connectivity index (χ3v) is 8.40. The fourth-order valence-electron chi connectivity index (χ4n) is 5.75. The molecule has 1 aromatic rings. The van der Waals surface area contributed by atoms with Crippen LogP contribution in [0.4, 0.5) is 4.79 Å². The molecule has 2 bridgehead atoms. The van der Waals surface area contributed by atoms with Gasteiger partial charge in [0.05, 0.1) is 23.0 Å². The Morgan fingerprint density at radius 2 is 2.03 bits per heavy atom. The Morgan fingerprint density at radius 3 is 2.64 bits per heavy atom. The topological polar surface area (TPSA) is 166 Å². The van der Waals surface area contributed by atoms with Gasteiger partial charge >= 0.3 is 6.09 Å². The van der Waals surface area contributed by atoms with Gasteiger partial charge in [0.2, 0.25) is 21.8 Å². The van der Waals surface area contributed by atoms with E-state index in [1.165, 1.54) is 17.0 Å². The van der Waals surface area contributed by atoms with Gasteiger partial charge in [0.25, 0.3) is 0 Å². The number of alkyl carbamates (subject to hydrolysis) is 1. The summed E-state index contributed by atoms with van der Waals surface area (Å²) in [7, 11) is -3.88. The van der Waals surface area contributed by atoms with Gasteiger partial charge < -0.3 is 19.9 Å². The molecule has 0 spiro atoms. The highest BCUT2D eigenvalue weighted by Crippen LogP contribution is 2.38. The molecule has 3 fully saturated rings. The van der Waals surface area contributed by atoms with Crippen molar-refractivity contribution in [3.05, 3.63) is 29.8 Å². The monoisotopic (exact) mass is 560 g/mol. The first-order chi connectivity index (χ1) is 18.2. The van der Waals surface area contributed by atoms with Crippen molar-refractivity contribution in [3.63, 3.8) is 0 Å². The number of likely N-dealkylation sites (tertiary alicyclic amines) is 3. The molecule has 1 aromatic carbocycles. The zero-order chi connectivity index (χ0) is 28.7. The summed E-state index contributed by atoms with van der Waals surface area (Å²) in [5.41, 5.74) is -0.106. The first kappa shape index (κ1) is 28.8. The number of carbonyl (C=O) groups excluding carboxylic acids is 3. The molecule has 0 saturated carbocycles. The molecular formula is C26H36N6O6S. The molecule has 0 aromatic heterocycles. The summed E-state index contributed by atoms with van der Waals surface area (Å²) in [5.74, 6) is -0.496. The van der Waals surface area contributed by atoms with E-state index in [1.807, 2.05) is 11.8 Å². The number of nitriles is 1. The van der Waals surface area contributed by atoms with Gasteiger partial charge in [-0.2, -0.15) is 5.26 Å². The van der Waals surface area contributed by atoms with Crippen LogP contribution in [-0.2, 0) is 24.3 Å². The number of hydrogen-bond donors (Lipinski definition) is 2. The Labute approximate surface area is 229 Å². The van der Waals surface area contributed by atoms with Gasteiger partial charge in [0, 0.05) is 25.7 Å². The van der Waals surface area contributed by atoms with E-state index in [1.54, 1.807) is 37.8 Å². The zero-order valence-electron chi connectivity index (χ0n) is 22.7. The van der Waals surface area contributed by atoms with Crippen molar-refractivity contribution >= 4 is 27.9 Å². The fourth-order valence-corrected chi connectivity index (χ4v) is 6.31. The average Bonchev–Trinajstić information content (AvgIpc) is 3.55. The number of hydrogen-bond acceptors (Lipinski definition) is 8. The number of ether oxygens (including phenoxy) is 1. The molecular weight excluding hydrogens is 524 g/mol. The van der Waals surface area contributed by atoms with Gasteiger partial charge in [-0.25, -0.2) is 18.4 Å². The molecule has 0 radical (unpaired) electrons. The van der Waals surface area contributed by atoms with Crippen LogP contribution in [0.15, 0.2) is 29.2 Å². The van der Waals surface area contributed by atoms with Crippen LogP contribution in [0.2, 0.25) is 0 Å². The van der Waals surface area contributed by atoms with Gasteiger partial charge in [-0.05, 0) is 64.7 Å². The highest BCUT2D eigenvalue weighted by atomic mass is 32.2. The summed E-state index contributed by atoms with van der Waals surface area (Å²) in [5, 5.41) is 17.5. The molecule has 13 heteroatoms. The van der Waals surface area contributed by atoms with Crippen LogP contribution in [0.5, 0.6) is 0 Å². The number of piperazine rings is 1. The predicted molar refractivity (Wildman–Crippen MR) is 140 cm³/mol. The summed E-state index contributed by atoms with van der Waals surface area (Å²) < 4.78 is 29.0. The molecule has 3 aliphatic rings. The molecule has 0 aliphatic carbocycles. The molecule has 3 aliphatic heterocycles. The summed E-state index contributed by atoms with van der Waals surface area (Å²) in [4.78, 5) is 44.7. The number of amides is 3. The fraction of sp³-hybridized carbons (Fsp3) is 0.615. The van der Waals surface area contributed by atoms with Crippen LogP contribution >= 0.6 is 0 Å².